The minimum atomic E-state index is -0.139. The fourth-order valence-electron chi connectivity index (χ4n) is 3.30. The smallest absolute Gasteiger partial charge is 0.276 e. The van der Waals surface area contributed by atoms with Gasteiger partial charge < -0.3 is 9.42 Å². The highest BCUT2D eigenvalue weighted by Crippen LogP contribution is 2.20. The van der Waals surface area contributed by atoms with Gasteiger partial charge in [0.15, 0.2) is 11.5 Å². The SMILES string of the molecule is Cc1ccc(=O)n(CCN2CCN(C(=O)c3cc(-c4cccnc4)on3)CC2)n1. The Morgan fingerprint density at radius 2 is 1.97 bits per heavy atom. The maximum absolute atomic E-state index is 12.7. The Balaban J connectivity index is 1.31. The van der Waals surface area contributed by atoms with E-state index >= 15 is 0 Å². The molecule has 150 valence electrons. The molecule has 1 fully saturated rings. The molecule has 0 bridgehead atoms. The van der Waals surface area contributed by atoms with Crippen molar-refractivity contribution in [3.63, 3.8) is 0 Å². The molecular formula is C20H22N6O3. The van der Waals surface area contributed by atoms with Gasteiger partial charge in [-0.2, -0.15) is 5.10 Å². The lowest BCUT2D eigenvalue weighted by molar-refractivity contribution is 0.0621. The van der Waals surface area contributed by atoms with Crippen LogP contribution in [0.3, 0.4) is 0 Å². The van der Waals surface area contributed by atoms with Crippen LogP contribution in [0.1, 0.15) is 16.2 Å². The maximum Gasteiger partial charge on any atom is 0.276 e. The van der Waals surface area contributed by atoms with E-state index in [0.29, 0.717) is 37.6 Å². The minimum Gasteiger partial charge on any atom is -0.355 e. The first-order valence-corrected chi connectivity index (χ1v) is 9.54. The van der Waals surface area contributed by atoms with Gasteiger partial charge in [-0.1, -0.05) is 5.16 Å². The summed E-state index contributed by atoms with van der Waals surface area (Å²) in [7, 11) is 0. The molecule has 1 aliphatic rings. The van der Waals surface area contributed by atoms with Crippen molar-refractivity contribution >= 4 is 5.91 Å². The highest BCUT2D eigenvalue weighted by molar-refractivity contribution is 5.93. The normalized spacial score (nSPS) is 14.9. The van der Waals surface area contributed by atoms with Crippen molar-refractivity contribution in [1.82, 2.24) is 29.7 Å². The summed E-state index contributed by atoms with van der Waals surface area (Å²) in [5.41, 5.74) is 1.80. The molecule has 9 nitrogen and oxygen atoms in total. The number of nitrogens with zero attached hydrogens (tertiary/aromatic N) is 6. The first-order chi connectivity index (χ1) is 14.1. The van der Waals surface area contributed by atoms with Gasteiger partial charge in [0.05, 0.1) is 12.2 Å². The molecule has 3 aromatic rings. The molecule has 0 radical (unpaired) electrons. The summed E-state index contributed by atoms with van der Waals surface area (Å²) in [4.78, 5) is 32.6. The third-order valence-electron chi connectivity index (χ3n) is 4.96. The van der Waals surface area contributed by atoms with Gasteiger partial charge in [0.25, 0.3) is 11.5 Å². The zero-order chi connectivity index (χ0) is 20.2. The topological polar surface area (TPSA) is 97.4 Å². The van der Waals surface area contributed by atoms with E-state index in [1.165, 1.54) is 10.7 Å². The molecule has 4 rings (SSSR count). The van der Waals surface area contributed by atoms with Gasteiger partial charge >= 0.3 is 0 Å². The predicted octanol–water partition coefficient (Wildman–Crippen LogP) is 1.06. The Hall–Kier alpha value is -3.33. The number of hydrogen-bond acceptors (Lipinski definition) is 7. The van der Waals surface area contributed by atoms with Crippen molar-refractivity contribution in [2.75, 3.05) is 32.7 Å². The number of aromatic nitrogens is 4. The summed E-state index contributed by atoms with van der Waals surface area (Å²) in [5, 5.41) is 8.18. The standard InChI is InChI=1S/C20H22N6O3/c1-15-4-5-19(27)26(22-15)12-9-24-7-10-25(11-8-24)20(28)17-13-18(29-23-17)16-3-2-6-21-14-16/h2-6,13-14H,7-12H2,1H3. The highest BCUT2D eigenvalue weighted by Gasteiger charge is 2.24. The van der Waals surface area contributed by atoms with E-state index in [-0.39, 0.29) is 11.5 Å². The molecule has 3 aromatic heterocycles. The Labute approximate surface area is 167 Å². The second-order valence-electron chi connectivity index (χ2n) is 6.99. The summed E-state index contributed by atoms with van der Waals surface area (Å²) < 4.78 is 6.79. The third-order valence-corrected chi connectivity index (χ3v) is 4.96. The molecule has 0 aromatic carbocycles. The molecule has 0 N–H and O–H groups in total. The summed E-state index contributed by atoms with van der Waals surface area (Å²) in [6.45, 7) is 5.79. The van der Waals surface area contributed by atoms with Crippen LogP contribution in [0, 0.1) is 6.92 Å². The summed E-state index contributed by atoms with van der Waals surface area (Å²) >= 11 is 0. The number of amides is 1. The molecule has 0 saturated carbocycles. The van der Waals surface area contributed by atoms with E-state index in [4.69, 9.17) is 4.52 Å². The molecule has 9 heteroatoms. The second-order valence-corrected chi connectivity index (χ2v) is 6.99. The number of rotatable bonds is 5. The van der Waals surface area contributed by atoms with Crippen LogP contribution in [0.15, 0.2) is 52.0 Å². The molecule has 1 saturated heterocycles. The number of carbonyl (C=O) groups excluding carboxylic acids is 1. The van der Waals surface area contributed by atoms with E-state index < -0.39 is 0 Å². The second kappa shape index (κ2) is 8.36. The van der Waals surface area contributed by atoms with Gasteiger partial charge in [0, 0.05) is 62.8 Å². The lowest BCUT2D eigenvalue weighted by Crippen LogP contribution is -2.49. The van der Waals surface area contributed by atoms with Crippen LogP contribution >= 0.6 is 0 Å². The van der Waals surface area contributed by atoms with E-state index in [1.54, 1.807) is 35.5 Å². The van der Waals surface area contributed by atoms with E-state index in [1.807, 2.05) is 13.0 Å². The first-order valence-electron chi connectivity index (χ1n) is 9.54. The minimum absolute atomic E-state index is 0.0973. The van der Waals surface area contributed by atoms with Gasteiger partial charge in [0.1, 0.15) is 0 Å². The van der Waals surface area contributed by atoms with Crippen LogP contribution in [0.4, 0.5) is 0 Å². The fraction of sp³-hybridized carbons (Fsp3) is 0.350. The van der Waals surface area contributed by atoms with E-state index in [0.717, 1.165) is 24.3 Å². The van der Waals surface area contributed by atoms with Gasteiger partial charge in [-0.15, -0.1) is 0 Å². The molecular weight excluding hydrogens is 372 g/mol. The lowest BCUT2D eigenvalue weighted by atomic mass is 10.2. The van der Waals surface area contributed by atoms with E-state index in [2.05, 4.69) is 20.1 Å². The van der Waals surface area contributed by atoms with Crippen molar-refractivity contribution in [2.45, 2.75) is 13.5 Å². The van der Waals surface area contributed by atoms with Gasteiger partial charge in [0.2, 0.25) is 0 Å². The first kappa shape index (κ1) is 19.0. The third kappa shape index (κ3) is 4.40. The monoisotopic (exact) mass is 394 g/mol. The maximum atomic E-state index is 12.7. The number of carbonyl (C=O) groups is 1. The molecule has 29 heavy (non-hydrogen) atoms. The average Bonchev–Trinajstić information content (AvgIpc) is 3.25. The quantitative estimate of drug-likeness (QED) is 0.638. The molecule has 0 spiro atoms. The number of piperazine rings is 1. The number of pyridine rings is 1. The molecule has 4 heterocycles. The van der Waals surface area contributed by atoms with Gasteiger partial charge in [-0.05, 0) is 25.1 Å². The Kier molecular flexibility index (Phi) is 5.48. The summed E-state index contributed by atoms with van der Waals surface area (Å²) in [5.74, 6) is 0.385. The summed E-state index contributed by atoms with van der Waals surface area (Å²) in [6.07, 6.45) is 3.35. The Morgan fingerprint density at radius 3 is 2.72 bits per heavy atom. The molecule has 0 unspecified atom stereocenters. The molecule has 1 amide bonds. The zero-order valence-corrected chi connectivity index (χ0v) is 16.2. The number of aryl methyl sites for hydroxylation is 1. The average molecular weight is 394 g/mol. The Morgan fingerprint density at radius 1 is 1.14 bits per heavy atom. The van der Waals surface area contributed by atoms with E-state index in [9.17, 15) is 9.59 Å². The van der Waals surface area contributed by atoms with Crippen molar-refractivity contribution in [3.8, 4) is 11.3 Å². The molecule has 1 aliphatic heterocycles. The number of hydrogen-bond donors (Lipinski definition) is 0. The molecule has 0 atom stereocenters. The van der Waals surface area contributed by atoms with Crippen molar-refractivity contribution < 1.29 is 9.32 Å². The fourth-order valence-corrected chi connectivity index (χ4v) is 3.30. The van der Waals surface area contributed by atoms with Crippen molar-refractivity contribution in [2.24, 2.45) is 0 Å². The van der Waals surface area contributed by atoms with Crippen LogP contribution in [0.25, 0.3) is 11.3 Å². The van der Waals surface area contributed by atoms with Crippen molar-refractivity contribution in [3.05, 3.63) is 64.5 Å². The van der Waals surface area contributed by atoms with Gasteiger partial charge in [-0.25, -0.2) is 4.68 Å². The van der Waals surface area contributed by atoms with Crippen LogP contribution in [-0.2, 0) is 6.54 Å². The van der Waals surface area contributed by atoms with Crippen molar-refractivity contribution in [1.29, 1.82) is 0 Å². The van der Waals surface area contributed by atoms with Crippen LogP contribution in [-0.4, -0.2) is 68.4 Å². The molecule has 0 aliphatic carbocycles. The largest absolute Gasteiger partial charge is 0.355 e. The lowest BCUT2D eigenvalue weighted by Gasteiger charge is -2.34. The van der Waals surface area contributed by atoms with Crippen LogP contribution < -0.4 is 5.56 Å². The van der Waals surface area contributed by atoms with Gasteiger partial charge in [-0.3, -0.25) is 19.5 Å². The van der Waals surface area contributed by atoms with Crippen LogP contribution in [0.5, 0.6) is 0 Å². The van der Waals surface area contributed by atoms with Crippen LogP contribution in [0.2, 0.25) is 0 Å². The highest BCUT2D eigenvalue weighted by atomic mass is 16.5. The zero-order valence-electron chi connectivity index (χ0n) is 16.2. The Bertz CT molecular complexity index is 1040. The predicted molar refractivity (Wildman–Crippen MR) is 105 cm³/mol. The summed E-state index contributed by atoms with van der Waals surface area (Å²) in [6, 6.07) is 8.57.